The van der Waals surface area contributed by atoms with Gasteiger partial charge in [-0.3, -0.25) is 4.90 Å². The van der Waals surface area contributed by atoms with Crippen molar-refractivity contribution in [2.75, 3.05) is 39.4 Å². The third-order valence-corrected chi connectivity index (χ3v) is 2.04. The molecule has 0 heterocycles. The lowest BCUT2D eigenvalue weighted by Crippen LogP contribution is -2.33. The molecule has 14 heavy (non-hydrogen) atoms. The van der Waals surface area contributed by atoms with Gasteiger partial charge in [-0.25, -0.2) is 0 Å². The van der Waals surface area contributed by atoms with E-state index in [1.54, 1.807) is 0 Å². The fourth-order valence-corrected chi connectivity index (χ4v) is 1.31. The molecule has 0 saturated heterocycles. The number of aliphatic hydroxyl groups is 2. The Morgan fingerprint density at radius 2 is 1.64 bits per heavy atom. The topological polar surface area (TPSA) is 55.7 Å². The summed E-state index contributed by atoms with van der Waals surface area (Å²) in [6.07, 6.45) is 1.05. The summed E-state index contributed by atoms with van der Waals surface area (Å²) in [5.41, 5.74) is 0. The van der Waals surface area contributed by atoms with Gasteiger partial charge in [0.05, 0.1) is 13.2 Å². The van der Waals surface area contributed by atoms with Gasteiger partial charge in [0.1, 0.15) is 0 Å². The summed E-state index contributed by atoms with van der Waals surface area (Å²) in [6, 6.07) is 0.527. The first kappa shape index (κ1) is 13.8. The van der Waals surface area contributed by atoms with Crippen molar-refractivity contribution in [1.82, 2.24) is 10.2 Å². The summed E-state index contributed by atoms with van der Waals surface area (Å²) >= 11 is 0. The van der Waals surface area contributed by atoms with E-state index in [0.29, 0.717) is 19.1 Å². The molecule has 0 amide bonds. The van der Waals surface area contributed by atoms with Crippen LogP contribution in [0.15, 0.2) is 0 Å². The maximum Gasteiger partial charge on any atom is 0.0558 e. The van der Waals surface area contributed by atoms with Crippen LogP contribution < -0.4 is 5.32 Å². The third kappa shape index (κ3) is 8.44. The summed E-state index contributed by atoms with van der Waals surface area (Å²) in [5.74, 6) is 0. The average molecular weight is 204 g/mol. The highest BCUT2D eigenvalue weighted by Crippen LogP contribution is 1.90. The van der Waals surface area contributed by atoms with Crippen LogP contribution in [0.25, 0.3) is 0 Å². The average Bonchev–Trinajstić information content (AvgIpc) is 2.12. The molecule has 0 saturated carbocycles. The molecule has 0 radical (unpaired) electrons. The minimum absolute atomic E-state index is 0.164. The van der Waals surface area contributed by atoms with Gasteiger partial charge >= 0.3 is 0 Å². The summed E-state index contributed by atoms with van der Waals surface area (Å²) in [5, 5.41) is 20.9. The zero-order chi connectivity index (χ0) is 10.8. The van der Waals surface area contributed by atoms with Crippen LogP contribution in [0.3, 0.4) is 0 Å². The van der Waals surface area contributed by atoms with E-state index in [-0.39, 0.29) is 13.2 Å². The van der Waals surface area contributed by atoms with E-state index in [0.717, 1.165) is 19.5 Å². The van der Waals surface area contributed by atoms with Crippen molar-refractivity contribution in [3.63, 3.8) is 0 Å². The summed E-state index contributed by atoms with van der Waals surface area (Å²) < 4.78 is 0. The quantitative estimate of drug-likeness (QED) is 0.450. The molecule has 0 aromatic carbocycles. The van der Waals surface area contributed by atoms with E-state index >= 15 is 0 Å². The smallest absolute Gasteiger partial charge is 0.0558 e. The monoisotopic (exact) mass is 204 g/mol. The van der Waals surface area contributed by atoms with E-state index in [4.69, 9.17) is 10.2 Å². The summed E-state index contributed by atoms with van der Waals surface area (Å²) in [4.78, 5) is 2.07. The first-order valence-corrected chi connectivity index (χ1v) is 5.38. The van der Waals surface area contributed by atoms with Gasteiger partial charge in [0.25, 0.3) is 0 Å². The van der Waals surface area contributed by atoms with Crippen LogP contribution in [-0.2, 0) is 0 Å². The van der Waals surface area contributed by atoms with Crippen molar-refractivity contribution < 1.29 is 10.2 Å². The lowest BCUT2D eigenvalue weighted by Gasteiger charge is -2.20. The second-order valence-electron chi connectivity index (χ2n) is 3.75. The SMILES string of the molecule is CC(C)NCCCN(CCO)CCO. The zero-order valence-corrected chi connectivity index (χ0v) is 9.37. The molecule has 3 N–H and O–H groups in total. The second kappa shape index (κ2) is 9.40. The van der Waals surface area contributed by atoms with Gasteiger partial charge in [0.15, 0.2) is 0 Å². The number of hydrogen-bond acceptors (Lipinski definition) is 4. The maximum absolute atomic E-state index is 8.77. The minimum atomic E-state index is 0.164. The third-order valence-electron chi connectivity index (χ3n) is 2.04. The fraction of sp³-hybridized carbons (Fsp3) is 1.00. The highest BCUT2D eigenvalue weighted by molar-refractivity contribution is 4.59. The Hall–Kier alpha value is -0.160. The summed E-state index contributed by atoms with van der Waals surface area (Å²) in [6.45, 7) is 7.81. The van der Waals surface area contributed by atoms with Crippen LogP contribution in [0.1, 0.15) is 20.3 Å². The molecule has 0 rings (SSSR count). The molecule has 0 aliphatic rings. The Morgan fingerprint density at radius 1 is 1.07 bits per heavy atom. The molecule has 0 unspecified atom stereocenters. The van der Waals surface area contributed by atoms with Gasteiger partial charge in [0, 0.05) is 19.1 Å². The van der Waals surface area contributed by atoms with Crippen molar-refractivity contribution in [3.8, 4) is 0 Å². The second-order valence-corrected chi connectivity index (χ2v) is 3.75. The summed E-state index contributed by atoms with van der Waals surface area (Å²) in [7, 11) is 0. The molecule has 0 fully saturated rings. The van der Waals surface area contributed by atoms with E-state index < -0.39 is 0 Å². The van der Waals surface area contributed by atoms with E-state index in [1.807, 2.05) is 0 Å². The molecule has 0 aromatic rings. The minimum Gasteiger partial charge on any atom is -0.395 e. The van der Waals surface area contributed by atoms with Crippen LogP contribution in [0.5, 0.6) is 0 Å². The Labute approximate surface area is 86.9 Å². The van der Waals surface area contributed by atoms with Gasteiger partial charge in [-0.2, -0.15) is 0 Å². The number of aliphatic hydroxyl groups excluding tert-OH is 2. The molecular formula is C10H24N2O2. The zero-order valence-electron chi connectivity index (χ0n) is 9.37. The molecule has 0 atom stereocenters. The molecular weight excluding hydrogens is 180 g/mol. The van der Waals surface area contributed by atoms with Gasteiger partial charge in [-0.05, 0) is 19.5 Å². The first-order valence-electron chi connectivity index (χ1n) is 5.38. The Kier molecular flexibility index (Phi) is 9.29. The van der Waals surface area contributed by atoms with Crippen molar-refractivity contribution >= 4 is 0 Å². The van der Waals surface area contributed by atoms with Crippen molar-refractivity contribution in [2.45, 2.75) is 26.3 Å². The van der Waals surface area contributed by atoms with Gasteiger partial charge in [-0.15, -0.1) is 0 Å². The highest BCUT2D eigenvalue weighted by Gasteiger charge is 2.02. The highest BCUT2D eigenvalue weighted by atomic mass is 16.3. The Morgan fingerprint density at radius 3 is 2.07 bits per heavy atom. The Bertz CT molecular complexity index is 115. The maximum atomic E-state index is 8.77. The fourth-order valence-electron chi connectivity index (χ4n) is 1.31. The lowest BCUT2D eigenvalue weighted by atomic mass is 10.3. The van der Waals surface area contributed by atoms with E-state index in [1.165, 1.54) is 0 Å². The molecule has 86 valence electrons. The van der Waals surface area contributed by atoms with Crippen LogP contribution in [-0.4, -0.2) is 60.5 Å². The largest absolute Gasteiger partial charge is 0.395 e. The van der Waals surface area contributed by atoms with Crippen molar-refractivity contribution in [2.24, 2.45) is 0 Å². The normalized spacial score (nSPS) is 11.6. The molecule has 0 aliphatic heterocycles. The Balaban J connectivity index is 3.40. The van der Waals surface area contributed by atoms with Crippen molar-refractivity contribution in [3.05, 3.63) is 0 Å². The van der Waals surface area contributed by atoms with Gasteiger partial charge in [-0.1, -0.05) is 13.8 Å². The standard InChI is InChI=1S/C10H24N2O2/c1-10(2)11-4-3-5-12(6-8-13)7-9-14/h10-11,13-14H,3-9H2,1-2H3. The van der Waals surface area contributed by atoms with Crippen LogP contribution in [0.4, 0.5) is 0 Å². The number of nitrogens with zero attached hydrogens (tertiary/aromatic N) is 1. The van der Waals surface area contributed by atoms with Crippen LogP contribution >= 0.6 is 0 Å². The van der Waals surface area contributed by atoms with E-state index in [2.05, 4.69) is 24.1 Å². The molecule has 4 heteroatoms. The predicted molar refractivity (Wildman–Crippen MR) is 58.4 cm³/mol. The van der Waals surface area contributed by atoms with Gasteiger partial charge in [0.2, 0.25) is 0 Å². The molecule has 0 spiro atoms. The number of hydrogen-bond donors (Lipinski definition) is 3. The van der Waals surface area contributed by atoms with Gasteiger partial charge < -0.3 is 15.5 Å². The lowest BCUT2D eigenvalue weighted by molar-refractivity contribution is 0.159. The van der Waals surface area contributed by atoms with Crippen LogP contribution in [0, 0.1) is 0 Å². The van der Waals surface area contributed by atoms with Crippen LogP contribution in [0.2, 0.25) is 0 Å². The molecule has 0 bridgehead atoms. The molecule has 4 nitrogen and oxygen atoms in total. The molecule has 0 aromatic heterocycles. The number of rotatable bonds is 9. The van der Waals surface area contributed by atoms with Crippen molar-refractivity contribution in [1.29, 1.82) is 0 Å². The number of nitrogens with one attached hydrogen (secondary N) is 1. The molecule has 0 aliphatic carbocycles. The first-order chi connectivity index (χ1) is 6.70. The van der Waals surface area contributed by atoms with E-state index in [9.17, 15) is 0 Å². The predicted octanol–water partition coefficient (Wildman–Crippen LogP) is -0.339.